The molecule has 0 saturated heterocycles. The molecule has 1 saturated carbocycles. The molecule has 11 nitrogen and oxygen atoms in total. The molecule has 0 amide bonds. The van der Waals surface area contributed by atoms with E-state index in [4.69, 9.17) is 14.2 Å². The summed E-state index contributed by atoms with van der Waals surface area (Å²) in [6.07, 6.45) is 5.83. The molecule has 5 rings (SSSR count). The van der Waals surface area contributed by atoms with E-state index in [-0.39, 0.29) is 29.5 Å². The van der Waals surface area contributed by atoms with Crippen molar-refractivity contribution in [2.75, 3.05) is 6.61 Å². The predicted molar refractivity (Wildman–Crippen MR) is 148 cm³/mol. The number of nitrogens with zero attached hydrogens (tertiary/aromatic N) is 5. The molecule has 0 N–H and O–H groups in total. The molecule has 3 aromatic heterocycles. The van der Waals surface area contributed by atoms with E-state index in [2.05, 4.69) is 31.0 Å². The number of carbonyl (C=O) groups is 1. The van der Waals surface area contributed by atoms with Gasteiger partial charge in [0, 0.05) is 29.9 Å². The summed E-state index contributed by atoms with van der Waals surface area (Å²) >= 11 is 3.25. The lowest BCUT2D eigenvalue weighted by molar-refractivity contribution is -0.390. The molecule has 13 heteroatoms. The largest absolute Gasteiger partial charge is 0.478 e. The Balaban J connectivity index is 1.52. The number of rotatable bonds is 11. The first kappa shape index (κ1) is 28.1. The minimum atomic E-state index is -0.859. The summed E-state index contributed by atoms with van der Waals surface area (Å²) in [5.41, 5.74) is 1.19. The molecule has 1 fully saturated rings. The Morgan fingerprint density at radius 2 is 2.02 bits per heavy atom. The maximum atomic E-state index is 14.5. The van der Waals surface area contributed by atoms with Crippen molar-refractivity contribution in [3.63, 3.8) is 0 Å². The average molecular weight is 626 g/mol. The number of pyridine rings is 2. The van der Waals surface area contributed by atoms with Crippen LogP contribution in [0, 0.1) is 21.8 Å². The number of hydrogen-bond acceptors (Lipinski definition) is 9. The van der Waals surface area contributed by atoms with Crippen LogP contribution in [0.4, 0.5) is 10.2 Å². The molecule has 0 radical (unpaired) electrons. The number of halogens is 2. The quantitative estimate of drug-likeness (QED) is 0.102. The number of carbonyl (C=O) groups excluding carboxylic acids is 1. The van der Waals surface area contributed by atoms with Crippen molar-refractivity contribution < 1.29 is 28.3 Å². The molecule has 1 aromatic carbocycles. The Bertz CT molecular complexity index is 1610. The molecule has 1 aliphatic carbocycles. The van der Waals surface area contributed by atoms with E-state index in [0.717, 1.165) is 12.8 Å². The van der Waals surface area contributed by atoms with Crippen LogP contribution in [0.5, 0.6) is 17.2 Å². The van der Waals surface area contributed by atoms with Crippen LogP contribution in [0.25, 0.3) is 11.3 Å². The summed E-state index contributed by atoms with van der Waals surface area (Å²) in [7, 11) is 0. The number of ether oxygens (including phenoxy) is 3. The van der Waals surface area contributed by atoms with E-state index in [1.807, 2.05) is 0 Å². The van der Waals surface area contributed by atoms with Gasteiger partial charge in [-0.05, 0) is 88.8 Å². The van der Waals surface area contributed by atoms with Crippen LogP contribution < -0.4 is 9.47 Å². The molecule has 0 spiro atoms. The van der Waals surface area contributed by atoms with E-state index in [1.54, 1.807) is 43.1 Å². The zero-order chi connectivity index (χ0) is 29.1. The van der Waals surface area contributed by atoms with Gasteiger partial charge >= 0.3 is 11.8 Å². The highest BCUT2D eigenvalue weighted by Gasteiger charge is 2.27. The normalized spacial score (nSPS) is 13.5. The van der Waals surface area contributed by atoms with Crippen molar-refractivity contribution in [1.29, 1.82) is 0 Å². The number of esters is 1. The van der Waals surface area contributed by atoms with Crippen LogP contribution in [0.15, 0.2) is 59.5 Å². The Labute approximate surface area is 242 Å². The third-order valence-corrected chi connectivity index (χ3v) is 6.75. The standard InChI is InChI=1S/C28H25BrFN5O6/c1-3-39-28(36)26-24(15-34(33-26)14-17-6-7-17)41-22-5-4-10-31-25(22)20-9-8-19(30)12-21(20)16(2)40-23-11-18(29)13-32-27(23)35(37)38/h4-5,8-13,15-17H,3,6-7,14H2,1-2H3/t16-/m1/s1. The third-order valence-electron chi connectivity index (χ3n) is 6.31. The Kier molecular flexibility index (Phi) is 8.24. The maximum absolute atomic E-state index is 14.5. The molecule has 0 unspecified atom stereocenters. The Morgan fingerprint density at radius 1 is 1.22 bits per heavy atom. The summed E-state index contributed by atoms with van der Waals surface area (Å²) in [4.78, 5) is 31.8. The molecule has 41 heavy (non-hydrogen) atoms. The lowest BCUT2D eigenvalue weighted by atomic mass is 9.99. The van der Waals surface area contributed by atoms with Crippen LogP contribution in [0.1, 0.15) is 48.8 Å². The minimum absolute atomic E-state index is 0.0350. The van der Waals surface area contributed by atoms with Crippen LogP contribution in [-0.4, -0.2) is 37.2 Å². The fraction of sp³-hybridized carbons (Fsp3) is 0.286. The number of benzene rings is 1. The van der Waals surface area contributed by atoms with Crippen molar-refractivity contribution in [2.24, 2.45) is 5.92 Å². The Hall–Kier alpha value is -4.39. The van der Waals surface area contributed by atoms with Crippen molar-refractivity contribution in [3.8, 4) is 28.5 Å². The van der Waals surface area contributed by atoms with Gasteiger partial charge in [-0.2, -0.15) is 5.10 Å². The van der Waals surface area contributed by atoms with Gasteiger partial charge in [-0.25, -0.2) is 9.18 Å². The van der Waals surface area contributed by atoms with Gasteiger partial charge in [0.15, 0.2) is 17.7 Å². The zero-order valence-corrected chi connectivity index (χ0v) is 23.7. The van der Waals surface area contributed by atoms with Gasteiger partial charge in [0.2, 0.25) is 11.4 Å². The molecule has 1 aliphatic rings. The molecule has 3 heterocycles. The highest BCUT2D eigenvalue weighted by atomic mass is 79.9. The predicted octanol–water partition coefficient (Wildman–Crippen LogP) is 6.67. The topological polar surface area (TPSA) is 132 Å². The van der Waals surface area contributed by atoms with Gasteiger partial charge in [-0.15, -0.1) is 0 Å². The molecular formula is C28H25BrFN5O6. The minimum Gasteiger partial charge on any atom is -0.478 e. The average Bonchev–Trinajstić information content (AvgIpc) is 3.66. The van der Waals surface area contributed by atoms with Gasteiger partial charge in [0.25, 0.3) is 0 Å². The van der Waals surface area contributed by atoms with E-state index in [1.165, 1.54) is 30.5 Å². The number of aromatic nitrogens is 4. The molecule has 0 aliphatic heterocycles. The number of hydrogen-bond donors (Lipinski definition) is 0. The van der Waals surface area contributed by atoms with Crippen molar-refractivity contribution in [1.82, 2.24) is 19.7 Å². The fourth-order valence-corrected chi connectivity index (χ4v) is 4.56. The number of nitro groups is 1. The summed E-state index contributed by atoms with van der Waals surface area (Å²) < 4.78 is 34.0. The van der Waals surface area contributed by atoms with E-state index >= 15 is 0 Å². The zero-order valence-electron chi connectivity index (χ0n) is 22.1. The summed E-state index contributed by atoms with van der Waals surface area (Å²) in [6.45, 7) is 4.17. The molecule has 0 bridgehead atoms. The van der Waals surface area contributed by atoms with Crippen molar-refractivity contribution in [3.05, 3.63) is 86.7 Å². The first-order valence-corrected chi connectivity index (χ1v) is 13.7. The lowest BCUT2D eigenvalue weighted by Gasteiger charge is -2.19. The second-order valence-corrected chi connectivity index (χ2v) is 10.3. The summed E-state index contributed by atoms with van der Waals surface area (Å²) in [6, 6.07) is 8.81. The Morgan fingerprint density at radius 3 is 2.76 bits per heavy atom. The second-order valence-electron chi connectivity index (χ2n) is 9.40. The van der Waals surface area contributed by atoms with Gasteiger partial charge in [-0.1, -0.05) is 0 Å². The van der Waals surface area contributed by atoms with E-state index in [0.29, 0.717) is 33.8 Å². The molecule has 4 aromatic rings. The molecular weight excluding hydrogens is 601 g/mol. The van der Waals surface area contributed by atoms with E-state index in [9.17, 15) is 19.3 Å². The van der Waals surface area contributed by atoms with Crippen LogP contribution in [0.3, 0.4) is 0 Å². The SMILES string of the molecule is CCOC(=O)c1nn(CC2CC2)cc1Oc1cccnc1-c1ccc(F)cc1[C@@H](C)Oc1cc(Br)cnc1[N+](=O)[O-]. The lowest BCUT2D eigenvalue weighted by Crippen LogP contribution is -2.09. The summed E-state index contributed by atoms with van der Waals surface area (Å²) in [5.74, 6) is -0.740. The fourth-order valence-electron chi connectivity index (χ4n) is 4.25. The first-order chi connectivity index (χ1) is 19.7. The van der Waals surface area contributed by atoms with Gasteiger partial charge < -0.3 is 24.3 Å². The van der Waals surface area contributed by atoms with Gasteiger partial charge in [0.05, 0.1) is 17.3 Å². The van der Waals surface area contributed by atoms with Crippen LogP contribution in [0.2, 0.25) is 0 Å². The monoisotopic (exact) mass is 625 g/mol. The van der Waals surface area contributed by atoms with Gasteiger partial charge in [0.1, 0.15) is 17.6 Å². The first-order valence-electron chi connectivity index (χ1n) is 12.9. The summed E-state index contributed by atoms with van der Waals surface area (Å²) in [5, 5.41) is 15.9. The molecule has 212 valence electrons. The smallest absolute Gasteiger partial charge is 0.406 e. The second kappa shape index (κ2) is 12.0. The molecule has 1 atom stereocenters. The van der Waals surface area contributed by atoms with Gasteiger partial charge in [-0.3, -0.25) is 9.67 Å². The highest BCUT2D eigenvalue weighted by molar-refractivity contribution is 9.10. The highest BCUT2D eigenvalue weighted by Crippen LogP contribution is 2.39. The van der Waals surface area contributed by atoms with Crippen molar-refractivity contribution >= 4 is 27.7 Å². The maximum Gasteiger partial charge on any atom is 0.406 e. The van der Waals surface area contributed by atoms with Crippen LogP contribution >= 0.6 is 15.9 Å². The van der Waals surface area contributed by atoms with Crippen molar-refractivity contribution in [2.45, 2.75) is 39.3 Å². The van der Waals surface area contributed by atoms with E-state index < -0.39 is 28.6 Å². The third kappa shape index (κ3) is 6.51. The van der Waals surface area contributed by atoms with Crippen LogP contribution in [-0.2, 0) is 11.3 Å².